The number of aliphatic hydroxyl groups is 2. The zero-order valence-corrected chi connectivity index (χ0v) is 13.6. The van der Waals surface area contributed by atoms with Gasteiger partial charge in [-0.2, -0.15) is 0 Å². The molecule has 1 aliphatic carbocycles. The number of aryl methyl sites for hydroxylation is 1. The summed E-state index contributed by atoms with van der Waals surface area (Å²) < 4.78 is 1.18. The Balaban J connectivity index is 2.05. The molecule has 10 heteroatoms. The fraction of sp³-hybridized carbons (Fsp3) is 0.600. The van der Waals surface area contributed by atoms with Gasteiger partial charge in [-0.3, -0.25) is 23.9 Å². The zero-order chi connectivity index (χ0) is 18.7. The predicted molar refractivity (Wildman–Crippen MR) is 85.1 cm³/mol. The van der Waals surface area contributed by atoms with E-state index in [2.05, 4.69) is 10.3 Å². The number of H-pyrrole nitrogens is 1. The summed E-state index contributed by atoms with van der Waals surface area (Å²) in [6, 6.07) is -0.737. The van der Waals surface area contributed by atoms with Gasteiger partial charge >= 0.3 is 11.7 Å². The van der Waals surface area contributed by atoms with Gasteiger partial charge in [-0.05, 0) is 13.3 Å². The number of amides is 1. The van der Waals surface area contributed by atoms with E-state index >= 15 is 0 Å². The number of rotatable bonds is 6. The van der Waals surface area contributed by atoms with Crippen molar-refractivity contribution in [1.29, 1.82) is 0 Å². The average molecular weight is 355 g/mol. The summed E-state index contributed by atoms with van der Waals surface area (Å²) in [5.41, 5.74) is -0.902. The molecule has 1 saturated carbocycles. The van der Waals surface area contributed by atoms with Crippen LogP contribution in [-0.4, -0.2) is 55.5 Å². The van der Waals surface area contributed by atoms with Crippen LogP contribution in [0, 0.1) is 12.8 Å². The molecule has 138 valence electrons. The summed E-state index contributed by atoms with van der Waals surface area (Å²) in [7, 11) is 0. The molecule has 0 saturated heterocycles. The lowest BCUT2D eigenvalue weighted by Gasteiger charge is -2.19. The number of carbonyl (C=O) groups excluding carboxylic acids is 1. The minimum absolute atomic E-state index is 0.0459. The standard InChI is InChI=1S/C15H21N3O7/c1-7-6-18(15(25)17-14(7)24)9-4-8(12(22)13(9)23)5-16-10(19)2-3-11(20)21/h6,8-9,12-13,22-23H,2-5H2,1H3,(H,16,19)(H,20,21)(H,17,24,25)/t8-,9+,12+,13+/m0/s1. The van der Waals surface area contributed by atoms with Gasteiger partial charge in [0, 0.05) is 30.6 Å². The molecule has 1 fully saturated rings. The maximum Gasteiger partial charge on any atom is 0.328 e. The van der Waals surface area contributed by atoms with Gasteiger partial charge in [0.15, 0.2) is 0 Å². The quantitative estimate of drug-likeness (QED) is 0.398. The molecular weight excluding hydrogens is 334 g/mol. The Hall–Kier alpha value is -2.46. The molecule has 1 amide bonds. The van der Waals surface area contributed by atoms with Crippen LogP contribution in [0.15, 0.2) is 15.8 Å². The highest BCUT2D eigenvalue weighted by atomic mass is 16.4. The molecule has 25 heavy (non-hydrogen) atoms. The number of nitrogens with one attached hydrogen (secondary N) is 2. The highest BCUT2D eigenvalue weighted by molar-refractivity contribution is 5.80. The van der Waals surface area contributed by atoms with Crippen LogP contribution in [0.2, 0.25) is 0 Å². The van der Waals surface area contributed by atoms with Crippen molar-refractivity contribution < 1.29 is 24.9 Å². The van der Waals surface area contributed by atoms with Crippen molar-refractivity contribution in [3.8, 4) is 0 Å². The molecule has 1 aromatic rings. The number of hydrogen-bond donors (Lipinski definition) is 5. The van der Waals surface area contributed by atoms with E-state index in [9.17, 15) is 29.4 Å². The van der Waals surface area contributed by atoms with Gasteiger partial charge in [-0.25, -0.2) is 4.79 Å². The van der Waals surface area contributed by atoms with Crippen molar-refractivity contribution in [2.24, 2.45) is 5.92 Å². The number of aromatic amines is 1. The predicted octanol–water partition coefficient (Wildman–Crippen LogP) is -1.89. The molecule has 0 unspecified atom stereocenters. The third-order valence-corrected chi connectivity index (χ3v) is 4.40. The number of aliphatic carboxylic acids is 1. The van der Waals surface area contributed by atoms with E-state index in [-0.39, 0.29) is 25.8 Å². The molecule has 0 radical (unpaired) electrons. The summed E-state index contributed by atoms with van der Waals surface area (Å²) in [4.78, 5) is 47.5. The van der Waals surface area contributed by atoms with E-state index in [1.807, 2.05) is 0 Å². The molecule has 1 aromatic heterocycles. The van der Waals surface area contributed by atoms with E-state index in [0.29, 0.717) is 5.56 Å². The second kappa shape index (κ2) is 7.62. The zero-order valence-electron chi connectivity index (χ0n) is 13.6. The van der Waals surface area contributed by atoms with Crippen LogP contribution < -0.4 is 16.6 Å². The molecule has 2 rings (SSSR count). The van der Waals surface area contributed by atoms with Gasteiger partial charge in [-0.15, -0.1) is 0 Å². The van der Waals surface area contributed by atoms with Gasteiger partial charge in [0.2, 0.25) is 5.91 Å². The number of carboxylic acid groups (broad SMARTS) is 1. The van der Waals surface area contributed by atoms with Crippen molar-refractivity contribution in [2.45, 2.75) is 44.4 Å². The van der Waals surface area contributed by atoms with E-state index in [4.69, 9.17) is 5.11 Å². The lowest BCUT2D eigenvalue weighted by Crippen LogP contribution is -2.38. The molecule has 10 nitrogen and oxygen atoms in total. The number of hydrogen-bond acceptors (Lipinski definition) is 6. The van der Waals surface area contributed by atoms with Crippen LogP contribution in [0.3, 0.4) is 0 Å². The highest BCUT2D eigenvalue weighted by Gasteiger charge is 2.42. The minimum Gasteiger partial charge on any atom is -0.481 e. The summed E-state index contributed by atoms with van der Waals surface area (Å²) in [5, 5.41) is 31.4. The summed E-state index contributed by atoms with van der Waals surface area (Å²) >= 11 is 0. The molecular formula is C15H21N3O7. The first kappa shape index (κ1) is 18.9. The Bertz CT molecular complexity index is 769. The van der Waals surface area contributed by atoms with Crippen LogP contribution in [0.25, 0.3) is 0 Å². The van der Waals surface area contributed by atoms with Gasteiger partial charge in [0.25, 0.3) is 5.56 Å². The molecule has 4 atom stereocenters. The van der Waals surface area contributed by atoms with Crippen LogP contribution >= 0.6 is 0 Å². The lowest BCUT2D eigenvalue weighted by molar-refractivity contribution is -0.138. The minimum atomic E-state index is -1.23. The largest absolute Gasteiger partial charge is 0.481 e. The van der Waals surface area contributed by atoms with Crippen molar-refractivity contribution in [1.82, 2.24) is 14.9 Å². The van der Waals surface area contributed by atoms with Crippen molar-refractivity contribution in [3.63, 3.8) is 0 Å². The molecule has 5 N–H and O–H groups in total. The maximum atomic E-state index is 11.9. The third kappa shape index (κ3) is 4.34. The van der Waals surface area contributed by atoms with Crippen molar-refractivity contribution in [2.75, 3.05) is 6.54 Å². The van der Waals surface area contributed by atoms with Crippen molar-refractivity contribution in [3.05, 3.63) is 32.6 Å². The number of carbonyl (C=O) groups is 2. The highest BCUT2D eigenvalue weighted by Crippen LogP contribution is 2.34. The van der Waals surface area contributed by atoms with Crippen molar-refractivity contribution >= 4 is 11.9 Å². The van der Waals surface area contributed by atoms with E-state index in [0.717, 1.165) is 0 Å². The number of nitrogens with zero attached hydrogens (tertiary/aromatic N) is 1. The third-order valence-electron chi connectivity index (χ3n) is 4.40. The molecule has 1 heterocycles. The molecule has 1 aliphatic rings. The summed E-state index contributed by atoms with van der Waals surface area (Å²) in [6.45, 7) is 1.57. The molecule has 0 aliphatic heterocycles. The fourth-order valence-electron chi connectivity index (χ4n) is 2.96. The molecule has 0 aromatic carbocycles. The first-order valence-corrected chi connectivity index (χ1v) is 7.87. The van der Waals surface area contributed by atoms with Crippen LogP contribution in [0.5, 0.6) is 0 Å². The van der Waals surface area contributed by atoms with E-state index in [1.165, 1.54) is 17.7 Å². The van der Waals surface area contributed by atoms with Gasteiger partial charge in [0.1, 0.15) is 6.10 Å². The Morgan fingerprint density at radius 3 is 2.60 bits per heavy atom. The maximum absolute atomic E-state index is 11.9. The fourth-order valence-corrected chi connectivity index (χ4v) is 2.96. The number of aliphatic hydroxyl groups excluding tert-OH is 2. The average Bonchev–Trinajstić information content (AvgIpc) is 2.82. The number of aromatic nitrogens is 2. The lowest BCUT2D eigenvalue weighted by atomic mass is 10.1. The second-order valence-corrected chi connectivity index (χ2v) is 6.22. The van der Waals surface area contributed by atoms with Crippen LogP contribution in [0.4, 0.5) is 0 Å². The molecule has 0 spiro atoms. The smallest absolute Gasteiger partial charge is 0.328 e. The summed E-state index contributed by atoms with van der Waals surface area (Å²) in [6.07, 6.45) is -1.32. The Morgan fingerprint density at radius 1 is 1.28 bits per heavy atom. The number of carboxylic acids is 1. The van der Waals surface area contributed by atoms with E-state index < -0.39 is 47.3 Å². The van der Waals surface area contributed by atoms with Gasteiger partial charge < -0.3 is 20.6 Å². The van der Waals surface area contributed by atoms with E-state index in [1.54, 1.807) is 0 Å². The second-order valence-electron chi connectivity index (χ2n) is 6.22. The normalized spacial score (nSPS) is 25.7. The monoisotopic (exact) mass is 355 g/mol. The SMILES string of the molecule is Cc1cn([C@@H]2C[C@@H](CNC(=O)CCC(=O)O)[C@@H](O)[C@@H]2O)c(=O)[nH]c1=O. The summed E-state index contributed by atoms with van der Waals surface area (Å²) in [5.74, 6) is -2.06. The first-order valence-electron chi connectivity index (χ1n) is 7.87. The topological polar surface area (TPSA) is 162 Å². The van der Waals surface area contributed by atoms with Crippen LogP contribution in [0.1, 0.15) is 30.9 Å². The Morgan fingerprint density at radius 2 is 1.96 bits per heavy atom. The Kier molecular flexibility index (Phi) is 5.75. The molecule has 0 bridgehead atoms. The van der Waals surface area contributed by atoms with Crippen LogP contribution in [-0.2, 0) is 9.59 Å². The van der Waals surface area contributed by atoms with Gasteiger partial charge in [-0.1, -0.05) is 0 Å². The first-order chi connectivity index (χ1) is 11.7. The van der Waals surface area contributed by atoms with Gasteiger partial charge in [0.05, 0.1) is 18.6 Å². The Labute approximate surface area is 142 Å².